The van der Waals surface area contributed by atoms with Crippen molar-refractivity contribution in [1.29, 1.82) is 0 Å². The maximum atomic E-state index is 12.0. The number of hydrazone groups is 1. The molecule has 2 rings (SSSR count). The lowest BCUT2D eigenvalue weighted by atomic mass is 10.2. The molecule has 1 amide bonds. The van der Waals surface area contributed by atoms with E-state index in [-0.39, 0.29) is 5.91 Å². The van der Waals surface area contributed by atoms with Crippen LogP contribution in [0.3, 0.4) is 0 Å². The van der Waals surface area contributed by atoms with Crippen LogP contribution in [0.4, 0.5) is 0 Å². The van der Waals surface area contributed by atoms with E-state index in [0.717, 1.165) is 8.24 Å². The third-order valence-electron chi connectivity index (χ3n) is 2.36. The van der Waals surface area contributed by atoms with Crippen molar-refractivity contribution in [3.8, 4) is 5.75 Å². The Bertz CT molecular complexity index is 655. The molecule has 1 aromatic heterocycles. The van der Waals surface area contributed by atoms with Crippen LogP contribution in [0.2, 0.25) is 0 Å². The van der Waals surface area contributed by atoms with Crippen LogP contribution in [0.25, 0.3) is 0 Å². The van der Waals surface area contributed by atoms with Gasteiger partial charge in [-0.05, 0) is 52.9 Å². The van der Waals surface area contributed by atoms with Crippen molar-refractivity contribution in [1.82, 2.24) is 5.43 Å². The average Bonchev–Trinajstić information content (AvgIpc) is 2.84. The zero-order chi connectivity index (χ0) is 14.5. The summed E-state index contributed by atoms with van der Waals surface area (Å²) in [6.45, 7) is 0. The number of benzene rings is 1. The molecule has 0 fully saturated rings. The van der Waals surface area contributed by atoms with Crippen molar-refractivity contribution >= 4 is 50.6 Å². The minimum absolute atomic E-state index is 0.361. The van der Waals surface area contributed by atoms with Crippen LogP contribution in [0.5, 0.6) is 5.75 Å². The van der Waals surface area contributed by atoms with Gasteiger partial charge in [0.15, 0.2) is 3.77 Å². The summed E-state index contributed by atoms with van der Waals surface area (Å²) >= 11 is 5.36. The zero-order valence-corrected chi connectivity index (χ0v) is 14.1. The van der Waals surface area contributed by atoms with Gasteiger partial charge in [0, 0.05) is 4.47 Å². The molecule has 0 radical (unpaired) electrons. The first kappa shape index (κ1) is 15.0. The highest BCUT2D eigenvalue weighted by Gasteiger charge is 2.11. The van der Waals surface area contributed by atoms with E-state index < -0.39 is 0 Å². The fourth-order valence-electron chi connectivity index (χ4n) is 1.47. The minimum Gasteiger partial charge on any atom is -0.496 e. The number of carbonyl (C=O) groups excluding carboxylic acids is 1. The smallest absolute Gasteiger partial charge is 0.275 e. The number of carbonyl (C=O) groups is 1. The number of hydrogen-bond acceptors (Lipinski definition) is 4. The van der Waals surface area contributed by atoms with Gasteiger partial charge in [0.1, 0.15) is 11.5 Å². The van der Waals surface area contributed by atoms with Crippen LogP contribution < -0.4 is 10.2 Å². The van der Waals surface area contributed by atoms with Gasteiger partial charge in [-0.3, -0.25) is 4.79 Å². The summed E-state index contributed by atoms with van der Waals surface area (Å²) in [7, 11) is 1.51. The second kappa shape index (κ2) is 6.89. The molecular formula is C13H10BrIN2O3. The Labute approximate surface area is 137 Å². The summed E-state index contributed by atoms with van der Waals surface area (Å²) in [4.78, 5) is 12.0. The second-order valence-corrected chi connectivity index (χ2v) is 5.66. The molecule has 1 N–H and O–H groups in total. The normalized spacial score (nSPS) is 10.8. The van der Waals surface area contributed by atoms with Gasteiger partial charge in [-0.2, -0.15) is 5.10 Å². The molecule has 0 bridgehead atoms. The molecule has 0 unspecified atom stereocenters. The Morgan fingerprint density at radius 3 is 2.90 bits per heavy atom. The SMILES string of the molecule is COc1ccc(Br)cc1C(=O)N/N=C\c1ccc(I)o1. The van der Waals surface area contributed by atoms with E-state index in [1.165, 1.54) is 13.3 Å². The van der Waals surface area contributed by atoms with Crippen LogP contribution in [0.15, 0.2) is 44.3 Å². The number of methoxy groups -OCH3 is 1. The number of nitrogens with one attached hydrogen (secondary N) is 1. The first-order chi connectivity index (χ1) is 9.60. The van der Waals surface area contributed by atoms with E-state index in [1.807, 2.05) is 0 Å². The van der Waals surface area contributed by atoms with Crippen LogP contribution in [-0.4, -0.2) is 19.2 Å². The number of ether oxygens (including phenoxy) is 1. The Kier molecular flexibility index (Phi) is 5.18. The number of furan rings is 1. The Hall–Kier alpha value is -1.35. The van der Waals surface area contributed by atoms with Crippen molar-refractivity contribution in [2.24, 2.45) is 5.10 Å². The maximum absolute atomic E-state index is 12.0. The van der Waals surface area contributed by atoms with E-state index >= 15 is 0 Å². The summed E-state index contributed by atoms with van der Waals surface area (Å²) in [5.41, 5.74) is 2.82. The summed E-state index contributed by atoms with van der Waals surface area (Å²) < 4.78 is 12.0. The summed E-state index contributed by atoms with van der Waals surface area (Å²) in [6, 6.07) is 8.74. The molecule has 0 saturated heterocycles. The van der Waals surface area contributed by atoms with Crippen molar-refractivity contribution in [3.63, 3.8) is 0 Å². The number of rotatable bonds is 4. The van der Waals surface area contributed by atoms with E-state index in [2.05, 4.69) is 49.0 Å². The Morgan fingerprint density at radius 1 is 1.45 bits per heavy atom. The van der Waals surface area contributed by atoms with E-state index in [4.69, 9.17) is 9.15 Å². The van der Waals surface area contributed by atoms with Crippen molar-refractivity contribution < 1.29 is 13.9 Å². The molecule has 0 aliphatic carbocycles. The zero-order valence-electron chi connectivity index (χ0n) is 10.4. The third kappa shape index (κ3) is 3.83. The molecule has 20 heavy (non-hydrogen) atoms. The Balaban J connectivity index is 2.08. The first-order valence-corrected chi connectivity index (χ1v) is 7.39. The molecule has 0 aliphatic rings. The molecule has 0 aliphatic heterocycles. The third-order valence-corrected chi connectivity index (χ3v) is 3.43. The lowest BCUT2D eigenvalue weighted by Gasteiger charge is -2.07. The number of amides is 1. The lowest BCUT2D eigenvalue weighted by molar-refractivity contribution is 0.0952. The second-order valence-electron chi connectivity index (χ2n) is 3.69. The van der Waals surface area contributed by atoms with Crippen LogP contribution >= 0.6 is 38.5 Å². The largest absolute Gasteiger partial charge is 0.496 e. The molecule has 0 saturated carbocycles. The first-order valence-electron chi connectivity index (χ1n) is 5.52. The highest BCUT2D eigenvalue weighted by molar-refractivity contribution is 14.1. The summed E-state index contributed by atoms with van der Waals surface area (Å²) in [5.74, 6) is 0.685. The predicted molar refractivity (Wildman–Crippen MR) is 87.2 cm³/mol. The molecule has 2 aromatic rings. The number of nitrogens with zero attached hydrogens (tertiary/aromatic N) is 1. The van der Waals surface area contributed by atoms with Crippen molar-refractivity contribution in [3.05, 3.63) is 49.9 Å². The number of halogens is 2. The number of hydrogen-bond donors (Lipinski definition) is 1. The van der Waals surface area contributed by atoms with Crippen LogP contribution in [-0.2, 0) is 0 Å². The summed E-state index contributed by atoms with van der Waals surface area (Å²) in [5, 5.41) is 3.84. The highest BCUT2D eigenvalue weighted by atomic mass is 127. The molecule has 0 atom stereocenters. The van der Waals surface area contributed by atoms with Gasteiger partial charge in [-0.15, -0.1) is 0 Å². The van der Waals surface area contributed by atoms with Gasteiger partial charge >= 0.3 is 0 Å². The van der Waals surface area contributed by atoms with Gasteiger partial charge in [-0.25, -0.2) is 5.43 Å². The quantitative estimate of drug-likeness (QED) is 0.442. The molecule has 1 aromatic carbocycles. The van der Waals surface area contributed by atoms with E-state index in [0.29, 0.717) is 17.1 Å². The minimum atomic E-state index is -0.361. The molecule has 7 heteroatoms. The maximum Gasteiger partial charge on any atom is 0.275 e. The van der Waals surface area contributed by atoms with Crippen LogP contribution in [0.1, 0.15) is 16.1 Å². The molecule has 0 spiro atoms. The van der Waals surface area contributed by atoms with Crippen molar-refractivity contribution in [2.45, 2.75) is 0 Å². The highest BCUT2D eigenvalue weighted by Crippen LogP contribution is 2.22. The predicted octanol–water partition coefficient (Wildman–Crippen LogP) is 3.42. The topological polar surface area (TPSA) is 63.8 Å². The molecule has 104 valence electrons. The van der Waals surface area contributed by atoms with Gasteiger partial charge in [0.05, 0.1) is 18.9 Å². The van der Waals surface area contributed by atoms with Gasteiger partial charge in [0.2, 0.25) is 0 Å². The fraction of sp³-hybridized carbons (Fsp3) is 0.0769. The van der Waals surface area contributed by atoms with E-state index in [9.17, 15) is 4.79 Å². The standard InChI is InChI=1S/C13H10BrIN2O3/c1-19-11-4-2-8(14)6-10(11)13(18)17-16-7-9-3-5-12(15)20-9/h2-7H,1H3,(H,17,18)/b16-7-. The average molecular weight is 449 g/mol. The fourth-order valence-corrected chi connectivity index (χ4v) is 2.27. The van der Waals surface area contributed by atoms with Gasteiger partial charge < -0.3 is 9.15 Å². The van der Waals surface area contributed by atoms with Crippen molar-refractivity contribution in [2.75, 3.05) is 7.11 Å². The van der Waals surface area contributed by atoms with E-state index in [1.54, 1.807) is 30.3 Å². The van der Waals surface area contributed by atoms with Gasteiger partial charge in [-0.1, -0.05) is 15.9 Å². The molecule has 5 nitrogen and oxygen atoms in total. The lowest BCUT2D eigenvalue weighted by Crippen LogP contribution is -2.18. The van der Waals surface area contributed by atoms with Crippen LogP contribution in [0, 0.1) is 3.77 Å². The molecule has 1 heterocycles. The summed E-state index contributed by atoms with van der Waals surface area (Å²) in [6.07, 6.45) is 1.44. The Morgan fingerprint density at radius 2 is 2.25 bits per heavy atom. The van der Waals surface area contributed by atoms with Gasteiger partial charge in [0.25, 0.3) is 5.91 Å². The monoisotopic (exact) mass is 448 g/mol. The molecular weight excluding hydrogens is 439 g/mol.